The van der Waals surface area contributed by atoms with Gasteiger partial charge in [0.1, 0.15) is 5.82 Å². The van der Waals surface area contributed by atoms with Crippen LogP contribution >= 0.6 is 0 Å². The molecule has 0 amide bonds. The summed E-state index contributed by atoms with van der Waals surface area (Å²) in [7, 11) is 0. The number of hydrogen-bond donors (Lipinski definition) is 1. The fourth-order valence-corrected chi connectivity index (χ4v) is 3.42. The van der Waals surface area contributed by atoms with Gasteiger partial charge in [-0.05, 0) is 30.7 Å². The van der Waals surface area contributed by atoms with Crippen molar-refractivity contribution in [3.05, 3.63) is 62.6 Å². The third-order valence-corrected chi connectivity index (χ3v) is 4.63. The van der Waals surface area contributed by atoms with E-state index < -0.39 is 0 Å². The first-order chi connectivity index (χ1) is 12.6. The van der Waals surface area contributed by atoms with Crippen molar-refractivity contribution in [2.24, 2.45) is 0 Å². The summed E-state index contributed by atoms with van der Waals surface area (Å²) >= 11 is 0. The topological polar surface area (TPSA) is 72.3 Å². The summed E-state index contributed by atoms with van der Waals surface area (Å²) in [5, 5.41) is 5.36. The minimum absolute atomic E-state index is 0.191. The summed E-state index contributed by atoms with van der Waals surface area (Å²) in [5.74, 6) is -0.376. The quantitative estimate of drug-likeness (QED) is 0.762. The van der Waals surface area contributed by atoms with E-state index in [0.29, 0.717) is 55.0 Å². The maximum absolute atomic E-state index is 13.2. The number of aromatic amines is 1. The average molecular weight is 358 g/mol. The molecule has 8 heteroatoms. The largest absolute Gasteiger partial charge is 0.378 e. The summed E-state index contributed by atoms with van der Waals surface area (Å²) in [6, 6.07) is 7.06. The first kappa shape index (κ1) is 16.6. The number of rotatable bonds is 3. The predicted molar refractivity (Wildman–Crippen MR) is 96.3 cm³/mol. The van der Waals surface area contributed by atoms with E-state index in [1.54, 1.807) is 4.68 Å². The van der Waals surface area contributed by atoms with Crippen LogP contribution in [-0.2, 0) is 11.2 Å². The van der Waals surface area contributed by atoms with Crippen LogP contribution in [0.4, 0.5) is 4.39 Å². The van der Waals surface area contributed by atoms with Crippen molar-refractivity contribution in [3.63, 3.8) is 0 Å². The second-order valence-corrected chi connectivity index (χ2v) is 6.18. The number of benzene rings is 1. The Bertz CT molecular complexity index is 1060. The van der Waals surface area contributed by atoms with E-state index in [-0.39, 0.29) is 16.9 Å². The van der Waals surface area contributed by atoms with Gasteiger partial charge in [-0.3, -0.25) is 14.7 Å². The van der Waals surface area contributed by atoms with Crippen LogP contribution in [0.3, 0.4) is 0 Å². The maximum Gasteiger partial charge on any atom is 0.280 e. The lowest BCUT2D eigenvalue weighted by molar-refractivity contribution is 0.110. The summed E-state index contributed by atoms with van der Waals surface area (Å²) in [4.78, 5) is 25.7. The Morgan fingerprint density at radius 3 is 2.50 bits per heavy atom. The van der Waals surface area contributed by atoms with Crippen LogP contribution in [0.5, 0.6) is 0 Å². The third kappa shape index (κ3) is 2.62. The van der Waals surface area contributed by atoms with Crippen LogP contribution in [0.15, 0.2) is 39.9 Å². The molecule has 26 heavy (non-hydrogen) atoms. The highest BCUT2D eigenvalue weighted by atomic mass is 19.1. The Hall–Kier alpha value is -2.87. The lowest BCUT2D eigenvalue weighted by atomic mass is 10.2. The van der Waals surface area contributed by atoms with Gasteiger partial charge < -0.3 is 9.75 Å². The fraction of sp³-hybridized carbons (Fsp3) is 0.333. The van der Waals surface area contributed by atoms with Crippen LogP contribution in [0, 0.1) is 5.82 Å². The molecule has 3 heterocycles. The lowest BCUT2D eigenvalue weighted by Gasteiger charge is -2.31. The number of aromatic nitrogens is 3. The number of H-pyrrole nitrogens is 1. The van der Waals surface area contributed by atoms with Crippen LogP contribution in [-0.4, -0.2) is 40.8 Å². The molecule has 1 aliphatic rings. The maximum atomic E-state index is 13.2. The molecule has 0 radical (unpaired) electrons. The molecule has 0 unspecified atom stereocenters. The Kier molecular flexibility index (Phi) is 4.12. The van der Waals surface area contributed by atoms with E-state index in [9.17, 15) is 14.0 Å². The van der Waals surface area contributed by atoms with Gasteiger partial charge in [0.2, 0.25) is 0 Å². The predicted octanol–water partition coefficient (Wildman–Crippen LogP) is 1.15. The Balaban J connectivity index is 1.95. The van der Waals surface area contributed by atoms with Crippen molar-refractivity contribution in [1.82, 2.24) is 14.5 Å². The zero-order valence-corrected chi connectivity index (χ0v) is 14.4. The van der Waals surface area contributed by atoms with Gasteiger partial charge in [0.15, 0.2) is 0 Å². The highest BCUT2D eigenvalue weighted by Gasteiger charge is 2.21. The molecule has 0 spiro atoms. The SMILES string of the molecule is CCc1c2c(=O)n(-c3ccc(F)cc3)[nH]c2cc(=O)n1N1CCOCC1. The van der Waals surface area contributed by atoms with Gasteiger partial charge in [0.25, 0.3) is 11.1 Å². The number of hydrogen-bond acceptors (Lipinski definition) is 4. The van der Waals surface area contributed by atoms with E-state index in [1.807, 2.05) is 11.9 Å². The minimum atomic E-state index is -0.376. The summed E-state index contributed by atoms with van der Waals surface area (Å²) in [6.45, 7) is 4.19. The fourth-order valence-electron chi connectivity index (χ4n) is 3.42. The number of nitrogens with zero attached hydrogens (tertiary/aromatic N) is 3. The molecule has 136 valence electrons. The number of fused-ring (bicyclic) bond motifs is 1. The van der Waals surface area contributed by atoms with Gasteiger partial charge >= 0.3 is 0 Å². The van der Waals surface area contributed by atoms with E-state index >= 15 is 0 Å². The standard InChI is InChI=1S/C18H19FN4O3/c1-2-15-17-14(11-16(24)23(15)21-7-9-26-10-8-21)20-22(18(17)25)13-5-3-12(19)4-6-13/h3-6,11,20H,2,7-10H2,1H3. The van der Waals surface area contributed by atoms with E-state index in [0.717, 1.165) is 0 Å². The summed E-state index contributed by atoms with van der Waals surface area (Å²) in [6.07, 6.45) is 0.528. The highest BCUT2D eigenvalue weighted by molar-refractivity contribution is 5.81. The average Bonchev–Trinajstić information content (AvgIpc) is 2.98. The first-order valence-electron chi connectivity index (χ1n) is 8.58. The molecule has 0 aliphatic carbocycles. The number of morpholine rings is 1. The van der Waals surface area contributed by atoms with Crippen molar-refractivity contribution in [3.8, 4) is 5.69 Å². The van der Waals surface area contributed by atoms with Gasteiger partial charge in [0, 0.05) is 6.07 Å². The number of aryl methyl sites for hydroxylation is 1. The second kappa shape index (κ2) is 6.45. The minimum Gasteiger partial charge on any atom is -0.378 e. The molecular weight excluding hydrogens is 339 g/mol. The lowest BCUT2D eigenvalue weighted by Crippen LogP contribution is -2.50. The van der Waals surface area contributed by atoms with Gasteiger partial charge in [-0.1, -0.05) is 6.92 Å². The van der Waals surface area contributed by atoms with Crippen LogP contribution in [0.1, 0.15) is 12.6 Å². The van der Waals surface area contributed by atoms with Gasteiger partial charge in [-0.15, -0.1) is 0 Å². The summed E-state index contributed by atoms with van der Waals surface area (Å²) in [5.41, 5.74) is 1.21. The summed E-state index contributed by atoms with van der Waals surface area (Å²) < 4.78 is 21.5. The molecule has 1 saturated heterocycles. The van der Waals surface area contributed by atoms with E-state index in [1.165, 1.54) is 35.0 Å². The first-order valence-corrected chi connectivity index (χ1v) is 8.58. The second-order valence-electron chi connectivity index (χ2n) is 6.18. The molecule has 1 aliphatic heterocycles. The molecule has 0 saturated carbocycles. The van der Waals surface area contributed by atoms with E-state index in [4.69, 9.17) is 4.74 Å². The zero-order chi connectivity index (χ0) is 18.3. The monoisotopic (exact) mass is 358 g/mol. The third-order valence-electron chi connectivity index (χ3n) is 4.63. The number of pyridine rings is 1. The van der Waals surface area contributed by atoms with Crippen molar-refractivity contribution in [2.45, 2.75) is 13.3 Å². The van der Waals surface area contributed by atoms with E-state index in [2.05, 4.69) is 5.10 Å². The van der Waals surface area contributed by atoms with Gasteiger partial charge in [-0.2, -0.15) is 0 Å². The molecule has 1 aromatic carbocycles. The Labute approximate surface area is 148 Å². The zero-order valence-electron chi connectivity index (χ0n) is 14.4. The highest BCUT2D eigenvalue weighted by Crippen LogP contribution is 2.16. The van der Waals surface area contributed by atoms with Crippen LogP contribution in [0.2, 0.25) is 0 Å². The molecule has 2 aromatic heterocycles. The molecule has 7 nitrogen and oxygen atoms in total. The molecule has 1 N–H and O–H groups in total. The van der Waals surface area contributed by atoms with Crippen molar-refractivity contribution < 1.29 is 9.13 Å². The molecular formula is C18H19FN4O3. The molecule has 0 bridgehead atoms. The van der Waals surface area contributed by atoms with Gasteiger partial charge in [-0.25, -0.2) is 13.7 Å². The Morgan fingerprint density at radius 2 is 1.85 bits per heavy atom. The van der Waals surface area contributed by atoms with Crippen LogP contribution in [0.25, 0.3) is 16.6 Å². The molecule has 3 aromatic rings. The number of halogens is 1. The Morgan fingerprint density at radius 1 is 1.15 bits per heavy atom. The molecule has 0 atom stereocenters. The molecule has 1 fully saturated rings. The van der Waals surface area contributed by atoms with Crippen molar-refractivity contribution in [1.29, 1.82) is 0 Å². The van der Waals surface area contributed by atoms with Gasteiger partial charge in [0.05, 0.1) is 48.6 Å². The normalized spacial score (nSPS) is 14.9. The van der Waals surface area contributed by atoms with Crippen LogP contribution < -0.4 is 16.1 Å². The number of ether oxygens (including phenoxy) is 1. The number of nitrogens with one attached hydrogen (secondary N) is 1. The smallest absolute Gasteiger partial charge is 0.280 e. The van der Waals surface area contributed by atoms with Crippen molar-refractivity contribution in [2.75, 3.05) is 31.3 Å². The van der Waals surface area contributed by atoms with Crippen molar-refractivity contribution >= 4 is 10.9 Å². The molecule has 4 rings (SSSR count).